The molecule has 0 atom stereocenters. The van der Waals surface area contributed by atoms with Crippen molar-refractivity contribution < 1.29 is 28.7 Å². The molecule has 0 radical (unpaired) electrons. The minimum absolute atomic E-state index is 0.0198. The standard InChI is InChI=1S/C23H18ClNO7/c1-30-22(26)16-10-8-15(9-11-16)19-18(24)12-17(23(27)31-2)21(20(19)25(28)29)32-13-14-6-4-3-5-7-14/h3-12H,13H2,1-2H3. The monoisotopic (exact) mass is 455 g/mol. The summed E-state index contributed by atoms with van der Waals surface area (Å²) in [6.45, 7) is -0.0198. The molecule has 0 N–H and O–H groups in total. The van der Waals surface area contributed by atoms with E-state index in [-0.39, 0.29) is 34.1 Å². The van der Waals surface area contributed by atoms with Crippen molar-refractivity contribution in [2.24, 2.45) is 0 Å². The molecule has 0 aromatic heterocycles. The topological polar surface area (TPSA) is 105 Å². The maximum atomic E-state index is 12.3. The number of hydrogen-bond donors (Lipinski definition) is 0. The van der Waals surface area contributed by atoms with Crippen molar-refractivity contribution in [2.75, 3.05) is 14.2 Å². The van der Waals surface area contributed by atoms with Crippen LogP contribution in [0.15, 0.2) is 60.7 Å². The van der Waals surface area contributed by atoms with Crippen LogP contribution in [0.25, 0.3) is 11.1 Å². The zero-order valence-corrected chi connectivity index (χ0v) is 17.9. The van der Waals surface area contributed by atoms with E-state index in [1.807, 2.05) is 6.07 Å². The third kappa shape index (κ3) is 4.70. The molecule has 8 nitrogen and oxygen atoms in total. The van der Waals surface area contributed by atoms with Crippen molar-refractivity contribution >= 4 is 29.2 Å². The minimum Gasteiger partial charge on any atom is -0.481 e. The van der Waals surface area contributed by atoms with Gasteiger partial charge in [-0.05, 0) is 29.3 Å². The van der Waals surface area contributed by atoms with Gasteiger partial charge in [0.1, 0.15) is 12.2 Å². The molecule has 0 saturated heterocycles. The van der Waals surface area contributed by atoms with Gasteiger partial charge in [-0.15, -0.1) is 0 Å². The number of esters is 2. The number of halogens is 1. The molecular weight excluding hydrogens is 438 g/mol. The number of nitro groups is 1. The Bertz CT molecular complexity index is 1160. The molecule has 0 aliphatic rings. The second-order valence-corrected chi connectivity index (χ2v) is 6.96. The molecule has 9 heteroatoms. The number of benzene rings is 3. The first-order chi connectivity index (χ1) is 15.4. The average Bonchev–Trinajstić information content (AvgIpc) is 2.82. The SMILES string of the molecule is COC(=O)c1ccc(-c2c(Cl)cc(C(=O)OC)c(OCc3ccccc3)c2[N+](=O)[O-])cc1. The summed E-state index contributed by atoms with van der Waals surface area (Å²) in [5.74, 6) is -1.64. The third-order valence-corrected chi connectivity index (χ3v) is 4.91. The molecule has 3 aromatic rings. The molecule has 0 spiro atoms. The highest BCUT2D eigenvalue weighted by atomic mass is 35.5. The van der Waals surface area contributed by atoms with Crippen molar-refractivity contribution in [3.05, 3.63) is 92.5 Å². The average molecular weight is 456 g/mol. The van der Waals surface area contributed by atoms with Crippen molar-refractivity contribution in [1.82, 2.24) is 0 Å². The highest BCUT2D eigenvalue weighted by molar-refractivity contribution is 6.34. The van der Waals surface area contributed by atoms with E-state index in [2.05, 4.69) is 4.74 Å². The zero-order valence-electron chi connectivity index (χ0n) is 17.2. The van der Waals surface area contributed by atoms with E-state index in [0.29, 0.717) is 5.56 Å². The van der Waals surface area contributed by atoms with Gasteiger partial charge in [0, 0.05) is 0 Å². The summed E-state index contributed by atoms with van der Waals surface area (Å²) >= 11 is 6.37. The van der Waals surface area contributed by atoms with Crippen molar-refractivity contribution in [2.45, 2.75) is 6.61 Å². The lowest BCUT2D eigenvalue weighted by atomic mass is 9.99. The number of carbonyl (C=O) groups is 2. The Hall–Kier alpha value is -3.91. The fourth-order valence-corrected chi connectivity index (χ4v) is 3.40. The highest BCUT2D eigenvalue weighted by Gasteiger charge is 2.32. The van der Waals surface area contributed by atoms with Gasteiger partial charge >= 0.3 is 17.6 Å². The number of nitro benzene ring substituents is 1. The first-order valence-electron chi connectivity index (χ1n) is 9.32. The van der Waals surface area contributed by atoms with E-state index >= 15 is 0 Å². The van der Waals surface area contributed by atoms with Gasteiger partial charge in [-0.1, -0.05) is 54.1 Å². The molecule has 0 aliphatic carbocycles. The van der Waals surface area contributed by atoms with Crippen LogP contribution in [-0.2, 0) is 16.1 Å². The van der Waals surface area contributed by atoms with Crippen molar-refractivity contribution in [3.8, 4) is 16.9 Å². The Morgan fingerprint density at radius 2 is 1.59 bits per heavy atom. The predicted octanol–water partition coefficient (Wildman–Crippen LogP) is 5.07. The minimum atomic E-state index is -0.828. The Morgan fingerprint density at radius 1 is 0.969 bits per heavy atom. The number of rotatable bonds is 7. The first kappa shape index (κ1) is 22.8. The summed E-state index contributed by atoms with van der Waals surface area (Å²) in [7, 11) is 2.41. The zero-order chi connectivity index (χ0) is 23.3. The van der Waals surface area contributed by atoms with Crippen molar-refractivity contribution in [1.29, 1.82) is 0 Å². The van der Waals surface area contributed by atoms with Gasteiger partial charge in [0.05, 0.1) is 35.3 Å². The molecule has 0 unspecified atom stereocenters. The largest absolute Gasteiger partial charge is 0.481 e. The normalized spacial score (nSPS) is 10.3. The van der Waals surface area contributed by atoms with Crippen LogP contribution in [0.3, 0.4) is 0 Å². The fourth-order valence-electron chi connectivity index (χ4n) is 3.10. The summed E-state index contributed by atoms with van der Waals surface area (Å²) in [6, 6.07) is 16.2. The van der Waals surface area contributed by atoms with E-state index in [0.717, 1.165) is 12.7 Å². The van der Waals surface area contributed by atoms with E-state index < -0.39 is 22.5 Å². The van der Waals surface area contributed by atoms with Crippen molar-refractivity contribution in [3.63, 3.8) is 0 Å². The van der Waals surface area contributed by atoms with Crippen LogP contribution in [0.2, 0.25) is 5.02 Å². The van der Waals surface area contributed by atoms with Crippen LogP contribution in [0.5, 0.6) is 5.75 Å². The maximum Gasteiger partial charge on any atom is 0.341 e. The molecule has 0 heterocycles. The molecule has 3 rings (SSSR count). The van der Waals surface area contributed by atoms with Crippen LogP contribution in [0, 0.1) is 10.1 Å². The van der Waals surface area contributed by atoms with Gasteiger partial charge < -0.3 is 14.2 Å². The molecule has 0 aliphatic heterocycles. The number of ether oxygens (including phenoxy) is 3. The van der Waals surface area contributed by atoms with Crippen LogP contribution in [-0.4, -0.2) is 31.1 Å². The fraction of sp³-hybridized carbons (Fsp3) is 0.130. The van der Waals surface area contributed by atoms with E-state index in [1.165, 1.54) is 37.4 Å². The quantitative estimate of drug-likeness (QED) is 0.278. The van der Waals surface area contributed by atoms with Crippen LogP contribution < -0.4 is 4.74 Å². The molecular formula is C23H18ClNO7. The molecule has 0 amide bonds. The second kappa shape index (κ2) is 9.93. The highest BCUT2D eigenvalue weighted by Crippen LogP contribution is 2.45. The smallest absolute Gasteiger partial charge is 0.341 e. The number of nitrogens with zero attached hydrogens (tertiary/aromatic N) is 1. The molecule has 0 saturated carbocycles. The molecule has 0 fully saturated rings. The number of hydrogen-bond acceptors (Lipinski definition) is 7. The second-order valence-electron chi connectivity index (χ2n) is 6.55. The summed E-state index contributed by atoms with van der Waals surface area (Å²) < 4.78 is 15.2. The molecule has 164 valence electrons. The Kier molecular flexibility index (Phi) is 7.07. The Balaban J connectivity index is 2.18. The summed E-state index contributed by atoms with van der Waals surface area (Å²) in [6.07, 6.45) is 0. The van der Waals surface area contributed by atoms with Gasteiger partial charge in [0.25, 0.3) is 0 Å². The van der Waals surface area contributed by atoms with Gasteiger partial charge in [-0.3, -0.25) is 10.1 Å². The number of carbonyl (C=O) groups excluding carboxylic acids is 2. The third-order valence-electron chi connectivity index (χ3n) is 4.61. The van der Waals surface area contributed by atoms with Crippen LogP contribution in [0.4, 0.5) is 5.69 Å². The lowest BCUT2D eigenvalue weighted by molar-refractivity contribution is -0.385. The first-order valence-corrected chi connectivity index (χ1v) is 9.69. The van der Waals surface area contributed by atoms with Crippen LogP contribution >= 0.6 is 11.6 Å². The predicted molar refractivity (Wildman–Crippen MR) is 117 cm³/mol. The summed E-state index contributed by atoms with van der Waals surface area (Å²) in [5.41, 5.74) is 0.757. The Labute approximate surface area is 188 Å². The van der Waals surface area contributed by atoms with Gasteiger partial charge in [-0.2, -0.15) is 0 Å². The Morgan fingerprint density at radius 3 is 2.16 bits per heavy atom. The van der Waals surface area contributed by atoms with Gasteiger partial charge in [0.2, 0.25) is 5.75 Å². The lowest BCUT2D eigenvalue weighted by Crippen LogP contribution is -2.10. The molecule has 32 heavy (non-hydrogen) atoms. The van der Waals surface area contributed by atoms with E-state index in [4.69, 9.17) is 21.1 Å². The number of methoxy groups -OCH3 is 2. The summed E-state index contributed by atoms with van der Waals surface area (Å²) in [5, 5.41) is 12.1. The van der Waals surface area contributed by atoms with E-state index in [9.17, 15) is 19.7 Å². The van der Waals surface area contributed by atoms with Gasteiger partial charge in [-0.25, -0.2) is 9.59 Å². The maximum absolute atomic E-state index is 12.3. The van der Waals surface area contributed by atoms with E-state index in [1.54, 1.807) is 24.3 Å². The van der Waals surface area contributed by atoms with Crippen LogP contribution in [0.1, 0.15) is 26.3 Å². The molecule has 0 bridgehead atoms. The molecule has 3 aromatic carbocycles. The van der Waals surface area contributed by atoms with Gasteiger partial charge in [0.15, 0.2) is 0 Å². The lowest BCUT2D eigenvalue weighted by Gasteiger charge is -2.15. The summed E-state index contributed by atoms with van der Waals surface area (Å²) in [4.78, 5) is 35.5.